The number of halogens is 2. The van der Waals surface area contributed by atoms with Crippen LogP contribution in [0.2, 0.25) is 5.02 Å². The van der Waals surface area contributed by atoms with E-state index in [0.717, 1.165) is 23.3 Å². The van der Waals surface area contributed by atoms with Gasteiger partial charge in [-0.1, -0.05) is 47.5 Å². The number of nitrogens with zero attached hydrogens (tertiary/aromatic N) is 2. The van der Waals surface area contributed by atoms with Gasteiger partial charge < -0.3 is 10.2 Å². The van der Waals surface area contributed by atoms with Crippen LogP contribution in [0.15, 0.2) is 42.5 Å². The highest BCUT2D eigenvalue weighted by molar-refractivity contribution is 6.31. The van der Waals surface area contributed by atoms with Crippen molar-refractivity contribution in [1.82, 2.24) is 15.1 Å². The number of hydrogen-bond acceptors (Lipinski definition) is 3. The lowest BCUT2D eigenvalue weighted by Crippen LogP contribution is -2.45. The normalized spacial score (nSPS) is 20.7. The second-order valence-electron chi connectivity index (χ2n) is 8.27. The maximum atomic E-state index is 14.3. The molecule has 31 heavy (non-hydrogen) atoms. The Morgan fingerprint density at radius 2 is 1.90 bits per heavy atom. The number of benzene rings is 2. The lowest BCUT2D eigenvalue weighted by atomic mass is 9.91. The fourth-order valence-corrected chi connectivity index (χ4v) is 4.03. The minimum Gasteiger partial charge on any atom is -0.334 e. The zero-order valence-electron chi connectivity index (χ0n) is 17.3. The molecule has 1 heterocycles. The molecule has 0 bridgehead atoms. The first-order valence-electron chi connectivity index (χ1n) is 10.1. The van der Waals surface area contributed by atoms with Gasteiger partial charge in [-0.05, 0) is 44.4 Å². The molecule has 4 rings (SSSR count). The predicted molar refractivity (Wildman–Crippen MR) is 114 cm³/mol. The highest BCUT2D eigenvalue weighted by atomic mass is 35.5. The second kappa shape index (κ2) is 7.96. The molecule has 1 aliphatic heterocycles. The van der Waals surface area contributed by atoms with Gasteiger partial charge in [0.2, 0.25) is 5.91 Å². The summed E-state index contributed by atoms with van der Waals surface area (Å²) in [6, 6.07) is 11.0. The summed E-state index contributed by atoms with van der Waals surface area (Å²) in [7, 11) is 0. The highest BCUT2D eigenvalue weighted by Crippen LogP contribution is 2.32. The van der Waals surface area contributed by atoms with Crippen molar-refractivity contribution in [3.63, 3.8) is 0 Å². The molecule has 2 aromatic carbocycles. The minimum atomic E-state index is -1.25. The van der Waals surface area contributed by atoms with Crippen LogP contribution in [-0.2, 0) is 21.7 Å². The molecule has 1 atom stereocenters. The van der Waals surface area contributed by atoms with Crippen molar-refractivity contribution in [3.05, 3.63) is 70.0 Å². The molecule has 2 aromatic rings. The molecule has 0 aromatic heterocycles. The van der Waals surface area contributed by atoms with E-state index >= 15 is 0 Å². The van der Waals surface area contributed by atoms with E-state index in [9.17, 15) is 18.8 Å². The lowest BCUT2D eigenvalue weighted by molar-refractivity contribution is -0.139. The van der Waals surface area contributed by atoms with Crippen LogP contribution in [0.5, 0.6) is 0 Å². The molecular weight excluding hydrogens is 421 g/mol. The van der Waals surface area contributed by atoms with Crippen molar-refractivity contribution in [3.8, 4) is 0 Å². The summed E-state index contributed by atoms with van der Waals surface area (Å²) in [5.74, 6) is -1.40. The Hall–Kier alpha value is -2.93. The van der Waals surface area contributed by atoms with Crippen LogP contribution < -0.4 is 5.32 Å². The smallest absolute Gasteiger partial charge is 0.325 e. The van der Waals surface area contributed by atoms with Gasteiger partial charge in [0.15, 0.2) is 0 Å². The first-order valence-corrected chi connectivity index (χ1v) is 10.5. The van der Waals surface area contributed by atoms with Crippen molar-refractivity contribution in [2.45, 2.75) is 44.8 Å². The monoisotopic (exact) mass is 443 g/mol. The first-order chi connectivity index (χ1) is 14.7. The van der Waals surface area contributed by atoms with Gasteiger partial charge in [0.1, 0.15) is 17.9 Å². The Bertz CT molecular complexity index is 1030. The Morgan fingerprint density at radius 3 is 2.52 bits per heavy atom. The molecule has 1 aliphatic carbocycles. The zero-order valence-corrected chi connectivity index (χ0v) is 18.1. The van der Waals surface area contributed by atoms with Crippen molar-refractivity contribution in [2.24, 2.45) is 0 Å². The molecule has 2 fully saturated rings. The molecule has 1 saturated carbocycles. The second-order valence-corrected chi connectivity index (χ2v) is 8.67. The van der Waals surface area contributed by atoms with E-state index in [1.807, 2.05) is 19.1 Å². The zero-order chi connectivity index (χ0) is 22.3. The number of urea groups is 1. The van der Waals surface area contributed by atoms with Gasteiger partial charge in [0, 0.05) is 16.6 Å². The topological polar surface area (TPSA) is 69.7 Å². The lowest BCUT2D eigenvalue weighted by Gasteiger charge is -2.26. The van der Waals surface area contributed by atoms with E-state index in [2.05, 4.69) is 5.32 Å². The maximum Gasteiger partial charge on any atom is 0.325 e. The molecule has 4 amide bonds. The highest BCUT2D eigenvalue weighted by Gasteiger charge is 2.50. The molecule has 162 valence electrons. The molecule has 0 radical (unpaired) electrons. The molecular formula is C23H23ClFN3O3. The van der Waals surface area contributed by atoms with Crippen molar-refractivity contribution >= 4 is 29.4 Å². The number of carbonyl (C=O) groups excluding carboxylic acids is 3. The van der Waals surface area contributed by atoms with Crippen LogP contribution in [0, 0.1) is 12.7 Å². The first kappa shape index (κ1) is 21.3. The number of imide groups is 1. The quantitative estimate of drug-likeness (QED) is 0.691. The average molecular weight is 444 g/mol. The van der Waals surface area contributed by atoms with Crippen molar-refractivity contribution < 1.29 is 18.8 Å². The van der Waals surface area contributed by atoms with Crippen molar-refractivity contribution in [1.29, 1.82) is 0 Å². The van der Waals surface area contributed by atoms with E-state index < -0.39 is 35.7 Å². The van der Waals surface area contributed by atoms with Crippen LogP contribution in [-0.4, -0.2) is 40.2 Å². The number of hydrogen-bond donors (Lipinski definition) is 1. The van der Waals surface area contributed by atoms with E-state index in [-0.39, 0.29) is 23.2 Å². The summed E-state index contributed by atoms with van der Waals surface area (Å²) in [6.07, 6.45) is 1.58. The Morgan fingerprint density at radius 1 is 1.23 bits per heavy atom. The largest absolute Gasteiger partial charge is 0.334 e. The van der Waals surface area contributed by atoms with E-state index in [4.69, 9.17) is 11.6 Å². The number of aryl methyl sites for hydroxylation is 1. The molecule has 8 heteroatoms. The van der Waals surface area contributed by atoms with Crippen LogP contribution in [0.3, 0.4) is 0 Å². The number of carbonyl (C=O) groups is 3. The fourth-order valence-electron chi connectivity index (χ4n) is 3.81. The number of amides is 4. The fraction of sp³-hybridized carbons (Fsp3) is 0.348. The Kier molecular flexibility index (Phi) is 5.47. The van der Waals surface area contributed by atoms with Gasteiger partial charge >= 0.3 is 6.03 Å². The standard InChI is InChI=1S/C23H23ClFN3O3/c1-14-6-8-15(9-7-14)23(2)21(30)28(22(31)26-23)13-20(29)27(16-10-11-16)12-17-18(24)4-3-5-19(17)25/h3-9,16H,10-13H2,1-2H3,(H,26,31). The van der Waals surface area contributed by atoms with Gasteiger partial charge in [0.25, 0.3) is 5.91 Å². The summed E-state index contributed by atoms with van der Waals surface area (Å²) >= 11 is 6.13. The summed E-state index contributed by atoms with van der Waals surface area (Å²) in [5.41, 5.74) is 0.655. The Labute approximate surface area is 185 Å². The Balaban J connectivity index is 1.53. The van der Waals surface area contributed by atoms with Crippen LogP contribution in [0.25, 0.3) is 0 Å². The molecule has 1 N–H and O–H groups in total. The predicted octanol–water partition coefficient (Wildman–Crippen LogP) is 3.75. The minimum absolute atomic E-state index is 0.00607. The SMILES string of the molecule is Cc1ccc(C2(C)NC(=O)N(CC(=O)N(Cc3c(F)cccc3Cl)C3CC3)C2=O)cc1. The van der Waals surface area contributed by atoms with Gasteiger partial charge in [0.05, 0.1) is 6.54 Å². The molecule has 1 unspecified atom stereocenters. The average Bonchev–Trinajstić information content (AvgIpc) is 3.53. The number of rotatable bonds is 6. The third-order valence-electron chi connectivity index (χ3n) is 5.90. The maximum absolute atomic E-state index is 14.3. The summed E-state index contributed by atoms with van der Waals surface area (Å²) < 4.78 is 14.3. The van der Waals surface area contributed by atoms with E-state index in [1.54, 1.807) is 25.1 Å². The van der Waals surface area contributed by atoms with E-state index in [1.165, 1.54) is 17.0 Å². The van der Waals surface area contributed by atoms with Gasteiger partial charge in [-0.15, -0.1) is 0 Å². The summed E-state index contributed by atoms with van der Waals surface area (Å²) in [5, 5.41) is 2.95. The van der Waals surface area contributed by atoms with Gasteiger partial charge in [-0.2, -0.15) is 0 Å². The molecule has 1 saturated heterocycles. The molecule has 2 aliphatic rings. The summed E-state index contributed by atoms with van der Waals surface area (Å²) in [6.45, 7) is 3.14. The van der Waals surface area contributed by atoms with Gasteiger partial charge in [-0.3, -0.25) is 14.5 Å². The third kappa shape index (κ3) is 4.02. The van der Waals surface area contributed by atoms with E-state index in [0.29, 0.717) is 5.56 Å². The number of nitrogens with one attached hydrogen (secondary N) is 1. The summed E-state index contributed by atoms with van der Waals surface area (Å²) in [4.78, 5) is 41.2. The van der Waals surface area contributed by atoms with Crippen molar-refractivity contribution in [2.75, 3.05) is 6.54 Å². The third-order valence-corrected chi connectivity index (χ3v) is 6.25. The molecule has 0 spiro atoms. The van der Waals surface area contributed by atoms with Crippen LogP contribution >= 0.6 is 11.6 Å². The van der Waals surface area contributed by atoms with Crippen LogP contribution in [0.1, 0.15) is 36.5 Å². The van der Waals surface area contributed by atoms with Gasteiger partial charge in [-0.25, -0.2) is 9.18 Å². The van der Waals surface area contributed by atoms with Crippen LogP contribution in [0.4, 0.5) is 9.18 Å². The molecule has 6 nitrogen and oxygen atoms in total.